The average Bonchev–Trinajstić information content (AvgIpc) is 3.10. The number of methoxy groups -OCH3 is 1. The standard InChI is InChI=1S/C12H19N3O2S/c1-17-6-2-5-15-12-8(7-3-4-7)9(13)10(18-12)11(14)16/h7,15H,2-6,13H2,1H3,(H2,14,16). The number of amides is 1. The van der Waals surface area contributed by atoms with Gasteiger partial charge in [-0.3, -0.25) is 4.79 Å². The molecule has 5 nitrogen and oxygen atoms in total. The second-order valence-electron chi connectivity index (χ2n) is 4.50. The monoisotopic (exact) mass is 269 g/mol. The maximum absolute atomic E-state index is 11.3. The summed E-state index contributed by atoms with van der Waals surface area (Å²) in [6, 6.07) is 0. The van der Waals surface area contributed by atoms with Crippen molar-refractivity contribution in [2.45, 2.75) is 25.2 Å². The summed E-state index contributed by atoms with van der Waals surface area (Å²) in [4.78, 5) is 11.8. The third-order valence-electron chi connectivity index (χ3n) is 3.00. The fourth-order valence-corrected chi connectivity index (χ4v) is 3.05. The van der Waals surface area contributed by atoms with Gasteiger partial charge in [0.05, 0.1) is 10.7 Å². The van der Waals surface area contributed by atoms with Gasteiger partial charge in [-0.05, 0) is 25.2 Å². The summed E-state index contributed by atoms with van der Waals surface area (Å²) in [6.45, 7) is 1.53. The van der Waals surface area contributed by atoms with Crippen molar-refractivity contribution in [3.63, 3.8) is 0 Å². The van der Waals surface area contributed by atoms with Gasteiger partial charge in [-0.2, -0.15) is 0 Å². The Morgan fingerprint density at radius 1 is 1.56 bits per heavy atom. The highest BCUT2D eigenvalue weighted by molar-refractivity contribution is 7.18. The molecule has 100 valence electrons. The van der Waals surface area contributed by atoms with Gasteiger partial charge in [0.15, 0.2) is 0 Å². The van der Waals surface area contributed by atoms with Crippen LogP contribution in [-0.2, 0) is 4.74 Å². The van der Waals surface area contributed by atoms with Crippen molar-refractivity contribution in [3.8, 4) is 0 Å². The molecular formula is C12H19N3O2S. The van der Waals surface area contributed by atoms with Crippen LogP contribution < -0.4 is 16.8 Å². The SMILES string of the molecule is COCCCNc1sc(C(N)=O)c(N)c1C1CC1. The highest BCUT2D eigenvalue weighted by Gasteiger charge is 2.32. The number of nitrogen functional groups attached to an aromatic ring is 1. The number of carbonyl (C=O) groups is 1. The number of hydrogen-bond acceptors (Lipinski definition) is 5. The zero-order valence-corrected chi connectivity index (χ0v) is 11.3. The summed E-state index contributed by atoms with van der Waals surface area (Å²) < 4.78 is 5.00. The molecule has 0 unspecified atom stereocenters. The summed E-state index contributed by atoms with van der Waals surface area (Å²) in [5.74, 6) is 0.0589. The molecule has 1 fully saturated rings. The third-order valence-corrected chi connectivity index (χ3v) is 4.20. The van der Waals surface area contributed by atoms with Crippen LogP contribution >= 0.6 is 11.3 Å². The van der Waals surface area contributed by atoms with Crippen molar-refractivity contribution in [1.82, 2.24) is 0 Å². The number of ether oxygens (including phenoxy) is 1. The number of rotatable bonds is 7. The van der Waals surface area contributed by atoms with Crippen LogP contribution in [0, 0.1) is 0 Å². The summed E-state index contributed by atoms with van der Waals surface area (Å²) in [6.07, 6.45) is 3.21. The molecule has 1 aliphatic carbocycles. The van der Waals surface area contributed by atoms with E-state index in [1.807, 2.05) is 0 Å². The molecule has 1 aliphatic rings. The van der Waals surface area contributed by atoms with Crippen LogP contribution in [0.2, 0.25) is 0 Å². The maximum atomic E-state index is 11.3. The quantitative estimate of drug-likeness (QED) is 0.658. The van der Waals surface area contributed by atoms with Crippen molar-refractivity contribution >= 4 is 27.9 Å². The lowest BCUT2D eigenvalue weighted by Gasteiger charge is -2.06. The van der Waals surface area contributed by atoms with E-state index in [1.165, 1.54) is 11.3 Å². The van der Waals surface area contributed by atoms with Crippen LogP contribution in [0.3, 0.4) is 0 Å². The molecule has 0 saturated heterocycles. The van der Waals surface area contributed by atoms with Crippen LogP contribution in [0.4, 0.5) is 10.7 Å². The minimum Gasteiger partial charge on any atom is -0.397 e. The summed E-state index contributed by atoms with van der Waals surface area (Å²) in [5.41, 5.74) is 13.0. The van der Waals surface area contributed by atoms with E-state index in [0.717, 1.165) is 43.0 Å². The fourth-order valence-electron chi connectivity index (χ4n) is 1.97. The molecule has 1 heterocycles. The Balaban J connectivity index is 2.12. The first-order valence-corrected chi connectivity index (χ1v) is 6.91. The maximum Gasteiger partial charge on any atom is 0.260 e. The predicted octanol–water partition coefficient (Wildman–Crippen LogP) is 1.76. The van der Waals surface area contributed by atoms with Gasteiger partial charge in [0, 0.05) is 25.8 Å². The molecule has 2 rings (SSSR count). The normalized spacial score (nSPS) is 14.7. The van der Waals surface area contributed by atoms with Crippen LogP contribution in [0.1, 0.15) is 40.4 Å². The predicted molar refractivity (Wildman–Crippen MR) is 74.2 cm³/mol. The van der Waals surface area contributed by atoms with Gasteiger partial charge in [-0.25, -0.2) is 0 Å². The first kappa shape index (κ1) is 13.2. The molecule has 0 atom stereocenters. The molecule has 0 aromatic carbocycles. The van der Waals surface area contributed by atoms with Crippen molar-refractivity contribution in [2.24, 2.45) is 5.73 Å². The molecule has 0 aliphatic heterocycles. The Hall–Kier alpha value is -1.27. The van der Waals surface area contributed by atoms with E-state index >= 15 is 0 Å². The molecule has 0 bridgehead atoms. The van der Waals surface area contributed by atoms with Crippen LogP contribution in [0.15, 0.2) is 0 Å². The molecule has 1 aromatic rings. The summed E-state index contributed by atoms with van der Waals surface area (Å²) in [7, 11) is 1.68. The van der Waals surface area contributed by atoms with E-state index in [2.05, 4.69) is 5.32 Å². The van der Waals surface area contributed by atoms with Crippen LogP contribution in [0.5, 0.6) is 0 Å². The number of nitrogens with two attached hydrogens (primary N) is 2. The highest BCUT2D eigenvalue weighted by atomic mass is 32.1. The van der Waals surface area contributed by atoms with Gasteiger partial charge < -0.3 is 21.5 Å². The topological polar surface area (TPSA) is 90.4 Å². The van der Waals surface area contributed by atoms with Gasteiger partial charge in [0.25, 0.3) is 5.91 Å². The van der Waals surface area contributed by atoms with Crippen molar-refractivity contribution in [1.29, 1.82) is 0 Å². The molecule has 5 N–H and O–H groups in total. The smallest absolute Gasteiger partial charge is 0.260 e. The van der Waals surface area contributed by atoms with E-state index in [1.54, 1.807) is 7.11 Å². The lowest BCUT2D eigenvalue weighted by atomic mass is 10.1. The van der Waals surface area contributed by atoms with E-state index in [4.69, 9.17) is 16.2 Å². The second-order valence-corrected chi connectivity index (χ2v) is 5.52. The zero-order valence-electron chi connectivity index (χ0n) is 10.5. The molecule has 6 heteroatoms. The number of anilines is 2. The minimum absolute atomic E-state index is 0.440. The number of primary amides is 1. The molecule has 0 radical (unpaired) electrons. The summed E-state index contributed by atoms with van der Waals surface area (Å²) >= 11 is 1.37. The number of nitrogens with one attached hydrogen (secondary N) is 1. The first-order chi connectivity index (χ1) is 8.65. The zero-order chi connectivity index (χ0) is 13.1. The highest BCUT2D eigenvalue weighted by Crippen LogP contribution is 2.50. The lowest BCUT2D eigenvalue weighted by Crippen LogP contribution is -2.11. The second kappa shape index (κ2) is 5.58. The van der Waals surface area contributed by atoms with E-state index < -0.39 is 5.91 Å². The largest absolute Gasteiger partial charge is 0.397 e. The Bertz CT molecular complexity index is 441. The van der Waals surface area contributed by atoms with Crippen molar-refractivity contribution < 1.29 is 9.53 Å². The number of carbonyl (C=O) groups excluding carboxylic acids is 1. The fraction of sp³-hybridized carbons (Fsp3) is 0.583. The minimum atomic E-state index is -0.440. The number of thiophene rings is 1. The first-order valence-electron chi connectivity index (χ1n) is 6.10. The van der Waals surface area contributed by atoms with E-state index in [9.17, 15) is 4.79 Å². The van der Waals surface area contributed by atoms with Gasteiger partial charge in [-0.15, -0.1) is 11.3 Å². The Kier molecular flexibility index (Phi) is 4.08. The van der Waals surface area contributed by atoms with Crippen LogP contribution in [-0.4, -0.2) is 26.2 Å². The van der Waals surface area contributed by atoms with Crippen LogP contribution in [0.25, 0.3) is 0 Å². The van der Waals surface area contributed by atoms with Gasteiger partial charge in [0.2, 0.25) is 0 Å². The molecule has 1 aromatic heterocycles. The average molecular weight is 269 g/mol. The van der Waals surface area contributed by atoms with Gasteiger partial charge in [-0.1, -0.05) is 0 Å². The van der Waals surface area contributed by atoms with Crippen molar-refractivity contribution in [3.05, 3.63) is 10.4 Å². The Morgan fingerprint density at radius 3 is 2.83 bits per heavy atom. The molecular weight excluding hydrogens is 250 g/mol. The number of hydrogen-bond donors (Lipinski definition) is 3. The molecule has 1 saturated carbocycles. The van der Waals surface area contributed by atoms with Crippen molar-refractivity contribution in [2.75, 3.05) is 31.3 Å². The molecule has 1 amide bonds. The molecule has 0 spiro atoms. The van der Waals surface area contributed by atoms with Gasteiger partial charge in [0.1, 0.15) is 4.88 Å². The molecule has 18 heavy (non-hydrogen) atoms. The Labute approximate surface area is 110 Å². The summed E-state index contributed by atoms with van der Waals surface area (Å²) in [5, 5.41) is 4.34. The van der Waals surface area contributed by atoms with Gasteiger partial charge >= 0.3 is 0 Å². The lowest BCUT2D eigenvalue weighted by molar-refractivity contribution is 0.100. The Morgan fingerprint density at radius 2 is 2.28 bits per heavy atom. The van der Waals surface area contributed by atoms with E-state index in [0.29, 0.717) is 16.5 Å². The third kappa shape index (κ3) is 2.76. The van der Waals surface area contributed by atoms with E-state index in [-0.39, 0.29) is 0 Å².